The minimum absolute atomic E-state index is 0.0748. The molecule has 17 heavy (non-hydrogen) atoms. The first kappa shape index (κ1) is 12.1. The molecule has 0 bridgehead atoms. The lowest BCUT2D eigenvalue weighted by atomic mass is 10.2. The number of nitrogens with two attached hydrogens (primary N) is 1. The SMILES string of the molecule is CCC(N)c1nc2cc(C)ccc2n1CCO. The Balaban J connectivity index is 2.61. The Morgan fingerprint density at radius 3 is 2.88 bits per heavy atom. The van der Waals surface area contributed by atoms with Gasteiger partial charge in [-0.15, -0.1) is 0 Å². The molecule has 1 heterocycles. The molecule has 0 aliphatic heterocycles. The molecule has 0 fully saturated rings. The van der Waals surface area contributed by atoms with E-state index in [4.69, 9.17) is 10.8 Å². The van der Waals surface area contributed by atoms with Crippen LogP contribution in [0.25, 0.3) is 11.0 Å². The summed E-state index contributed by atoms with van der Waals surface area (Å²) >= 11 is 0. The average molecular weight is 233 g/mol. The first-order valence-electron chi connectivity index (χ1n) is 6.00. The van der Waals surface area contributed by atoms with Crippen LogP contribution < -0.4 is 5.73 Å². The van der Waals surface area contributed by atoms with Gasteiger partial charge in [-0.25, -0.2) is 4.98 Å². The van der Waals surface area contributed by atoms with Crippen molar-refractivity contribution >= 4 is 11.0 Å². The fourth-order valence-electron chi connectivity index (χ4n) is 2.06. The molecule has 0 aliphatic rings. The molecule has 1 aromatic heterocycles. The summed E-state index contributed by atoms with van der Waals surface area (Å²) in [5.74, 6) is 0.863. The van der Waals surface area contributed by atoms with Gasteiger partial charge in [0.2, 0.25) is 0 Å². The summed E-state index contributed by atoms with van der Waals surface area (Å²) in [4.78, 5) is 4.59. The lowest BCUT2D eigenvalue weighted by Crippen LogP contribution is -2.17. The van der Waals surface area contributed by atoms with Crippen molar-refractivity contribution in [3.8, 4) is 0 Å². The van der Waals surface area contributed by atoms with Crippen molar-refractivity contribution < 1.29 is 5.11 Å². The van der Waals surface area contributed by atoms with Gasteiger partial charge in [0.25, 0.3) is 0 Å². The number of aromatic nitrogens is 2. The van der Waals surface area contributed by atoms with Crippen LogP contribution in [0.5, 0.6) is 0 Å². The molecule has 0 radical (unpaired) electrons. The molecule has 1 atom stereocenters. The standard InChI is InChI=1S/C13H19N3O/c1-3-10(14)13-15-11-8-9(2)4-5-12(11)16(13)6-7-17/h4-5,8,10,17H,3,6-7,14H2,1-2H3. The third kappa shape index (κ3) is 2.18. The van der Waals surface area contributed by atoms with E-state index in [1.165, 1.54) is 5.56 Å². The smallest absolute Gasteiger partial charge is 0.126 e. The van der Waals surface area contributed by atoms with E-state index >= 15 is 0 Å². The molecule has 2 aromatic rings. The quantitative estimate of drug-likeness (QED) is 0.845. The maximum atomic E-state index is 9.14. The van der Waals surface area contributed by atoms with Gasteiger partial charge in [0.05, 0.1) is 23.7 Å². The van der Waals surface area contributed by atoms with Crippen LogP contribution in [-0.2, 0) is 6.54 Å². The highest BCUT2D eigenvalue weighted by molar-refractivity contribution is 5.77. The molecule has 0 saturated heterocycles. The number of rotatable bonds is 4. The lowest BCUT2D eigenvalue weighted by molar-refractivity contribution is 0.275. The molecule has 92 valence electrons. The maximum Gasteiger partial charge on any atom is 0.126 e. The fraction of sp³-hybridized carbons (Fsp3) is 0.462. The Kier molecular flexibility index (Phi) is 3.45. The Morgan fingerprint density at radius 1 is 1.47 bits per heavy atom. The van der Waals surface area contributed by atoms with Gasteiger partial charge in [-0.05, 0) is 31.0 Å². The van der Waals surface area contributed by atoms with E-state index in [0.717, 1.165) is 23.3 Å². The molecule has 0 spiro atoms. The van der Waals surface area contributed by atoms with Crippen LogP contribution in [-0.4, -0.2) is 21.3 Å². The number of benzene rings is 1. The Hall–Kier alpha value is -1.39. The van der Waals surface area contributed by atoms with Crippen molar-refractivity contribution in [3.05, 3.63) is 29.6 Å². The molecule has 4 nitrogen and oxygen atoms in total. The van der Waals surface area contributed by atoms with Gasteiger partial charge < -0.3 is 15.4 Å². The number of imidazole rings is 1. The number of aliphatic hydroxyl groups excluding tert-OH is 1. The van der Waals surface area contributed by atoms with Crippen molar-refractivity contribution in [2.45, 2.75) is 32.9 Å². The van der Waals surface area contributed by atoms with Crippen LogP contribution >= 0.6 is 0 Å². The van der Waals surface area contributed by atoms with Crippen LogP contribution in [0.3, 0.4) is 0 Å². The molecule has 0 amide bonds. The van der Waals surface area contributed by atoms with E-state index in [-0.39, 0.29) is 12.6 Å². The maximum absolute atomic E-state index is 9.14. The Labute approximate surface area is 101 Å². The number of aryl methyl sites for hydroxylation is 1. The molecule has 3 N–H and O–H groups in total. The van der Waals surface area contributed by atoms with Crippen LogP contribution in [0.15, 0.2) is 18.2 Å². The zero-order chi connectivity index (χ0) is 12.4. The predicted octanol–water partition coefficient (Wildman–Crippen LogP) is 1.75. The van der Waals surface area contributed by atoms with E-state index in [1.54, 1.807) is 0 Å². The number of fused-ring (bicyclic) bond motifs is 1. The summed E-state index contributed by atoms with van der Waals surface area (Å²) in [5.41, 5.74) is 9.25. The van der Waals surface area contributed by atoms with Gasteiger partial charge >= 0.3 is 0 Å². The molecular formula is C13H19N3O. The first-order chi connectivity index (χ1) is 8.17. The fourth-order valence-corrected chi connectivity index (χ4v) is 2.06. The van der Waals surface area contributed by atoms with Crippen molar-refractivity contribution in [2.24, 2.45) is 5.73 Å². The highest BCUT2D eigenvalue weighted by atomic mass is 16.3. The second-order valence-electron chi connectivity index (χ2n) is 4.35. The van der Waals surface area contributed by atoms with Crippen LogP contribution in [0, 0.1) is 6.92 Å². The summed E-state index contributed by atoms with van der Waals surface area (Å²) < 4.78 is 2.02. The largest absolute Gasteiger partial charge is 0.395 e. The third-order valence-electron chi connectivity index (χ3n) is 3.03. The highest BCUT2D eigenvalue weighted by Gasteiger charge is 2.15. The van der Waals surface area contributed by atoms with Crippen LogP contribution in [0.2, 0.25) is 0 Å². The monoisotopic (exact) mass is 233 g/mol. The van der Waals surface area contributed by atoms with Gasteiger partial charge in [-0.2, -0.15) is 0 Å². The van der Waals surface area contributed by atoms with Gasteiger partial charge in [0, 0.05) is 6.54 Å². The molecule has 1 unspecified atom stereocenters. The minimum Gasteiger partial charge on any atom is -0.395 e. The lowest BCUT2D eigenvalue weighted by Gasteiger charge is -2.11. The second kappa shape index (κ2) is 4.85. The topological polar surface area (TPSA) is 64.1 Å². The van der Waals surface area contributed by atoms with E-state index in [0.29, 0.717) is 6.54 Å². The van der Waals surface area contributed by atoms with Crippen molar-refractivity contribution in [3.63, 3.8) is 0 Å². The highest BCUT2D eigenvalue weighted by Crippen LogP contribution is 2.22. The van der Waals surface area contributed by atoms with E-state index in [9.17, 15) is 0 Å². The van der Waals surface area contributed by atoms with E-state index in [2.05, 4.69) is 17.1 Å². The van der Waals surface area contributed by atoms with E-state index in [1.807, 2.05) is 24.5 Å². The van der Waals surface area contributed by atoms with Gasteiger partial charge in [-0.3, -0.25) is 0 Å². The Morgan fingerprint density at radius 2 is 2.24 bits per heavy atom. The second-order valence-corrected chi connectivity index (χ2v) is 4.35. The number of nitrogens with zero attached hydrogens (tertiary/aromatic N) is 2. The van der Waals surface area contributed by atoms with Gasteiger partial charge in [0.15, 0.2) is 0 Å². The zero-order valence-electron chi connectivity index (χ0n) is 10.3. The molecule has 4 heteroatoms. The Bertz CT molecular complexity index is 519. The molecule has 1 aromatic carbocycles. The number of hydrogen-bond acceptors (Lipinski definition) is 3. The van der Waals surface area contributed by atoms with Crippen molar-refractivity contribution in [1.29, 1.82) is 0 Å². The molecule has 2 rings (SSSR count). The van der Waals surface area contributed by atoms with Gasteiger partial charge in [-0.1, -0.05) is 13.0 Å². The summed E-state index contributed by atoms with van der Waals surface area (Å²) in [6.07, 6.45) is 0.841. The third-order valence-corrected chi connectivity index (χ3v) is 3.03. The minimum atomic E-state index is -0.0748. The zero-order valence-corrected chi connectivity index (χ0v) is 10.3. The molecule has 0 aliphatic carbocycles. The first-order valence-corrected chi connectivity index (χ1v) is 6.00. The predicted molar refractivity (Wildman–Crippen MR) is 68.8 cm³/mol. The van der Waals surface area contributed by atoms with Crippen molar-refractivity contribution in [1.82, 2.24) is 9.55 Å². The van der Waals surface area contributed by atoms with E-state index < -0.39 is 0 Å². The average Bonchev–Trinajstić information content (AvgIpc) is 2.67. The summed E-state index contributed by atoms with van der Waals surface area (Å²) in [6, 6.07) is 6.07. The molecular weight excluding hydrogens is 214 g/mol. The summed E-state index contributed by atoms with van der Waals surface area (Å²) in [5, 5.41) is 9.14. The van der Waals surface area contributed by atoms with Gasteiger partial charge in [0.1, 0.15) is 5.82 Å². The number of hydrogen-bond donors (Lipinski definition) is 2. The summed E-state index contributed by atoms with van der Waals surface area (Å²) in [6.45, 7) is 4.73. The van der Waals surface area contributed by atoms with Crippen LogP contribution in [0.4, 0.5) is 0 Å². The summed E-state index contributed by atoms with van der Waals surface area (Å²) in [7, 11) is 0. The molecule has 0 saturated carbocycles. The normalized spacial score (nSPS) is 13.2. The van der Waals surface area contributed by atoms with Crippen LogP contribution in [0.1, 0.15) is 30.8 Å². The number of aliphatic hydroxyl groups is 1. The van der Waals surface area contributed by atoms with Crippen molar-refractivity contribution in [2.75, 3.05) is 6.61 Å².